The molecule has 0 heterocycles. The molecule has 1 N–H and O–H groups in total. The van der Waals surface area contributed by atoms with E-state index in [9.17, 15) is 10.1 Å². The molecule has 0 fully saturated rings. The maximum Gasteiger partial charge on any atom is 0.266 e. The zero-order valence-electron chi connectivity index (χ0n) is 20.5. The van der Waals surface area contributed by atoms with Crippen LogP contribution < -0.4 is 19.5 Å². The number of ether oxygens (including phenoxy) is 3. The van der Waals surface area contributed by atoms with Gasteiger partial charge in [-0.25, -0.2) is 0 Å². The Morgan fingerprint density at radius 3 is 2.38 bits per heavy atom. The van der Waals surface area contributed by atoms with E-state index in [4.69, 9.17) is 49.0 Å². The summed E-state index contributed by atoms with van der Waals surface area (Å²) in [6.07, 6.45) is 1.33. The molecule has 0 radical (unpaired) electrons. The Balaban J connectivity index is 1.70. The van der Waals surface area contributed by atoms with E-state index in [1.807, 2.05) is 26.8 Å². The minimum atomic E-state index is -0.569. The first-order valence-corrected chi connectivity index (χ1v) is 12.6. The number of benzene rings is 3. The Morgan fingerprint density at radius 1 is 1.03 bits per heavy atom. The Hall–Kier alpha value is -3.37. The first kappa shape index (κ1) is 28.2. The summed E-state index contributed by atoms with van der Waals surface area (Å²) in [5.41, 5.74) is 1.72. The zero-order chi connectivity index (χ0) is 26.9. The monoisotopic (exact) mass is 558 g/mol. The van der Waals surface area contributed by atoms with Crippen molar-refractivity contribution in [2.75, 3.05) is 11.9 Å². The van der Waals surface area contributed by atoms with Gasteiger partial charge in [-0.2, -0.15) is 5.26 Å². The van der Waals surface area contributed by atoms with E-state index in [0.717, 1.165) is 5.56 Å². The second kappa shape index (κ2) is 13.3. The predicted octanol–water partition coefficient (Wildman–Crippen LogP) is 7.96. The van der Waals surface area contributed by atoms with Crippen LogP contribution in [0.15, 0.2) is 60.2 Å². The molecular formula is C28H25Cl3N2O4. The Bertz CT molecular complexity index is 1330. The van der Waals surface area contributed by atoms with Crippen molar-refractivity contribution in [1.29, 1.82) is 5.26 Å². The van der Waals surface area contributed by atoms with Crippen molar-refractivity contribution in [2.45, 2.75) is 33.5 Å². The minimum absolute atomic E-state index is 0.103. The second-order valence-electron chi connectivity index (χ2n) is 8.10. The van der Waals surface area contributed by atoms with Crippen LogP contribution in [0.5, 0.6) is 17.2 Å². The number of hydrogen-bond acceptors (Lipinski definition) is 5. The Morgan fingerprint density at radius 2 is 1.76 bits per heavy atom. The molecule has 0 unspecified atom stereocenters. The molecule has 9 heteroatoms. The van der Waals surface area contributed by atoms with Gasteiger partial charge in [0.2, 0.25) is 0 Å². The van der Waals surface area contributed by atoms with E-state index < -0.39 is 5.91 Å². The lowest BCUT2D eigenvalue weighted by atomic mass is 10.1. The van der Waals surface area contributed by atoms with Gasteiger partial charge in [0.1, 0.15) is 24.0 Å². The predicted molar refractivity (Wildman–Crippen MR) is 148 cm³/mol. The topological polar surface area (TPSA) is 80.6 Å². The van der Waals surface area contributed by atoms with Crippen LogP contribution in [0.3, 0.4) is 0 Å². The molecule has 3 rings (SSSR count). The highest BCUT2D eigenvalue weighted by molar-refractivity contribution is 6.35. The number of nitrogens with zero attached hydrogens (tertiary/aromatic N) is 1. The van der Waals surface area contributed by atoms with Crippen LogP contribution in [0.4, 0.5) is 5.69 Å². The fraction of sp³-hybridized carbons (Fsp3) is 0.214. The summed E-state index contributed by atoms with van der Waals surface area (Å²) >= 11 is 18.5. The van der Waals surface area contributed by atoms with Gasteiger partial charge in [-0.05, 0) is 80.9 Å². The number of carbonyl (C=O) groups is 1. The molecule has 192 valence electrons. The van der Waals surface area contributed by atoms with Gasteiger partial charge < -0.3 is 19.5 Å². The highest BCUT2D eigenvalue weighted by Gasteiger charge is 2.16. The number of nitrogens with one attached hydrogen (secondary N) is 1. The van der Waals surface area contributed by atoms with Crippen molar-refractivity contribution in [1.82, 2.24) is 0 Å². The molecular weight excluding hydrogens is 535 g/mol. The van der Waals surface area contributed by atoms with Crippen molar-refractivity contribution in [3.8, 4) is 23.3 Å². The molecule has 0 saturated heterocycles. The molecule has 37 heavy (non-hydrogen) atoms. The van der Waals surface area contributed by atoms with Crippen molar-refractivity contribution in [2.24, 2.45) is 0 Å². The van der Waals surface area contributed by atoms with Gasteiger partial charge in [0.25, 0.3) is 5.91 Å². The van der Waals surface area contributed by atoms with Crippen LogP contribution in [-0.2, 0) is 11.4 Å². The van der Waals surface area contributed by atoms with E-state index in [2.05, 4.69) is 5.32 Å². The van der Waals surface area contributed by atoms with Crippen LogP contribution in [0.2, 0.25) is 15.1 Å². The van der Waals surface area contributed by atoms with Gasteiger partial charge in [-0.15, -0.1) is 0 Å². The van der Waals surface area contributed by atoms with Crippen molar-refractivity contribution in [3.63, 3.8) is 0 Å². The fourth-order valence-electron chi connectivity index (χ4n) is 3.23. The summed E-state index contributed by atoms with van der Waals surface area (Å²) in [5, 5.41) is 13.7. The van der Waals surface area contributed by atoms with Gasteiger partial charge in [-0.1, -0.05) is 40.9 Å². The minimum Gasteiger partial charge on any atom is -0.490 e. The average Bonchev–Trinajstić information content (AvgIpc) is 2.85. The van der Waals surface area contributed by atoms with Crippen LogP contribution in [0.25, 0.3) is 6.08 Å². The zero-order valence-corrected chi connectivity index (χ0v) is 22.7. The average molecular weight is 560 g/mol. The summed E-state index contributed by atoms with van der Waals surface area (Å²) < 4.78 is 17.2. The maximum atomic E-state index is 12.8. The van der Waals surface area contributed by atoms with E-state index in [-0.39, 0.29) is 18.3 Å². The third kappa shape index (κ3) is 8.06. The number of carbonyl (C=O) groups excluding carboxylic acids is 1. The van der Waals surface area contributed by atoms with Crippen molar-refractivity contribution < 1.29 is 19.0 Å². The third-order valence-corrected chi connectivity index (χ3v) is 5.75. The first-order valence-electron chi connectivity index (χ1n) is 11.4. The normalized spacial score (nSPS) is 11.1. The number of anilines is 1. The summed E-state index contributed by atoms with van der Waals surface area (Å²) in [5.74, 6) is 0.866. The molecule has 3 aromatic rings. The largest absolute Gasteiger partial charge is 0.490 e. The van der Waals surface area contributed by atoms with Crippen LogP contribution in [0.1, 0.15) is 31.9 Å². The lowest BCUT2D eigenvalue weighted by Gasteiger charge is -2.16. The molecule has 0 aliphatic rings. The standard InChI is InChI=1S/C28H25Cl3N2O4/c1-4-35-26-13-18(12-25(31)27(26)37-17(2)3)11-20(15-32)28(34)33-22-7-9-23(10-8-22)36-16-19-5-6-21(29)14-24(19)30/h5-14,17H,4,16H2,1-3H3,(H,33,34)/b20-11+. The maximum absolute atomic E-state index is 12.8. The van der Waals surface area contributed by atoms with Crippen LogP contribution in [0, 0.1) is 11.3 Å². The van der Waals surface area contributed by atoms with Crippen molar-refractivity contribution in [3.05, 3.63) is 86.4 Å². The number of halogens is 3. The van der Waals surface area contributed by atoms with E-state index in [0.29, 0.717) is 50.2 Å². The summed E-state index contributed by atoms with van der Waals surface area (Å²) in [6.45, 7) is 6.26. The van der Waals surface area contributed by atoms with E-state index >= 15 is 0 Å². The second-order valence-corrected chi connectivity index (χ2v) is 9.35. The summed E-state index contributed by atoms with van der Waals surface area (Å²) in [4.78, 5) is 12.8. The molecule has 0 atom stereocenters. The first-order chi connectivity index (χ1) is 17.7. The smallest absolute Gasteiger partial charge is 0.266 e. The molecule has 0 aliphatic heterocycles. The van der Waals surface area contributed by atoms with Gasteiger partial charge in [0.15, 0.2) is 11.5 Å². The van der Waals surface area contributed by atoms with Crippen LogP contribution >= 0.6 is 34.8 Å². The highest BCUT2D eigenvalue weighted by Crippen LogP contribution is 2.38. The molecule has 1 amide bonds. The molecule has 0 spiro atoms. The molecule has 0 aliphatic carbocycles. The lowest BCUT2D eigenvalue weighted by molar-refractivity contribution is -0.112. The Kier molecular flexibility index (Phi) is 10.1. The number of nitriles is 1. The van der Waals surface area contributed by atoms with Gasteiger partial charge >= 0.3 is 0 Å². The summed E-state index contributed by atoms with van der Waals surface area (Å²) in [6, 6.07) is 17.2. The third-order valence-electron chi connectivity index (χ3n) is 4.88. The Labute approximate surface area is 231 Å². The lowest BCUT2D eigenvalue weighted by Crippen LogP contribution is -2.13. The molecule has 0 saturated carbocycles. The molecule has 3 aromatic carbocycles. The molecule has 0 bridgehead atoms. The van der Waals surface area contributed by atoms with Gasteiger partial charge in [-0.3, -0.25) is 4.79 Å². The number of amides is 1. The quantitative estimate of drug-likeness (QED) is 0.201. The van der Waals surface area contributed by atoms with E-state index in [1.54, 1.807) is 54.6 Å². The van der Waals surface area contributed by atoms with Crippen molar-refractivity contribution >= 4 is 52.5 Å². The number of hydrogen-bond donors (Lipinski definition) is 1. The van der Waals surface area contributed by atoms with Gasteiger partial charge in [0.05, 0.1) is 17.7 Å². The van der Waals surface area contributed by atoms with Crippen LogP contribution in [-0.4, -0.2) is 18.6 Å². The highest BCUT2D eigenvalue weighted by atomic mass is 35.5. The SMILES string of the molecule is CCOc1cc(/C=C(\C#N)C(=O)Nc2ccc(OCc3ccc(Cl)cc3Cl)cc2)cc(Cl)c1OC(C)C. The summed E-state index contributed by atoms with van der Waals surface area (Å²) in [7, 11) is 0. The number of rotatable bonds is 10. The molecule has 0 aromatic heterocycles. The fourth-order valence-corrected chi connectivity index (χ4v) is 3.96. The molecule has 6 nitrogen and oxygen atoms in total. The van der Waals surface area contributed by atoms with Gasteiger partial charge in [0, 0.05) is 21.3 Å². The van der Waals surface area contributed by atoms with E-state index in [1.165, 1.54) is 6.08 Å².